The van der Waals surface area contributed by atoms with E-state index in [0.29, 0.717) is 0 Å². The SMILES string of the molecule is CCCCN1C(=O)[C@@H](/C=C/c2ccccc2)[C@@H]1c1ccccc1. The van der Waals surface area contributed by atoms with Crippen molar-refractivity contribution in [2.24, 2.45) is 5.92 Å². The number of hydrogen-bond acceptors (Lipinski definition) is 1. The minimum absolute atomic E-state index is 0.0468. The second kappa shape index (κ2) is 7.28. The molecule has 0 radical (unpaired) electrons. The third-order valence-electron chi connectivity index (χ3n) is 4.43. The van der Waals surface area contributed by atoms with E-state index >= 15 is 0 Å². The van der Waals surface area contributed by atoms with Crippen LogP contribution in [0.15, 0.2) is 66.7 Å². The Labute approximate surface area is 138 Å². The number of nitrogens with zero attached hydrogens (tertiary/aromatic N) is 1. The topological polar surface area (TPSA) is 20.3 Å². The van der Waals surface area contributed by atoms with Crippen molar-refractivity contribution < 1.29 is 4.79 Å². The molecular weight excluding hydrogens is 282 g/mol. The normalized spacial score (nSPS) is 20.7. The van der Waals surface area contributed by atoms with E-state index in [1.54, 1.807) is 0 Å². The fraction of sp³-hybridized carbons (Fsp3) is 0.286. The predicted molar refractivity (Wildman–Crippen MR) is 94.8 cm³/mol. The van der Waals surface area contributed by atoms with Gasteiger partial charge in [-0.25, -0.2) is 0 Å². The van der Waals surface area contributed by atoms with Crippen LogP contribution in [0, 0.1) is 5.92 Å². The van der Waals surface area contributed by atoms with Crippen molar-refractivity contribution in [3.8, 4) is 0 Å². The molecule has 1 aliphatic heterocycles. The van der Waals surface area contributed by atoms with Gasteiger partial charge in [-0.05, 0) is 17.5 Å². The quantitative estimate of drug-likeness (QED) is 0.708. The summed E-state index contributed by atoms with van der Waals surface area (Å²) >= 11 is 0. The van der Waals surface area contributed by atoms with Crippen LogP contribution >= 0.6 is 0 Å². The molecule has 1 amide bonds. The Balaban J connectivity index is 1.80. The zero-order chi connectivity index (χ0) is 16.1. The van der Waals surface area contributed by atoms with E-state index in [4.69, 9.17) is 0 Å². The molecule has 1 heterocycles. The minimum Gasteiger partial charge on any atom is -0.334 e. The van der Waals surface area contributed by atoms with Crippen LogP contribution < -0.4 is 0 Å². The van der Waals surface area contributed by atoms with Crippen LogP contribution in [0.2, 0.25) is 0 Å². The van der Waals surface area contributed by atoms with Gasteiger partial charge >= 0.3 is 0 Å². The summed E-state index contributed by atoms with van der Waals surface area (Å²) in [6.45, 7) is 3.01. The molecule has 2 aromatic carbocycles. The van der Waals surface area contributed by atoms with Crippen LogP contribution in [0.25, 0.3) is 6.08 Å². The summed E-state index contributed by atoms with van der Waals surface area (Å²) in [6.07, 6.45) is 6.30. The molecule has 0 aromatic heterocycles. The molecule has 1 aliphatic rings. The monoisotopic (exact) mass is 305 g/mol. The van der Waals surface area contributed by atoms with Gasteiger partial charge in [0.15, 0.2) is 0 Å². The molecular formula is C21H23NO. The molecule has 23 heavy (non-hydrogen) atoms. The first-order valence-electron chi connectivity index (χ1n) is 8.40. The van der Waals surface area contributed by atoms with Gasteiger partial charge in [-0.1, -0.05) is 86.2 Å². The summed E-state index contributed by atoms with van der Waals surface area (Å²) in [6, 6.07) is 20.7. The van der Waals surface area contributed by atoms with E-state index in [0.717, 1.165) is 24.9 Å². The van der Waals surface area contributed by atoms with Crippen molar-refractivity contribution in [2.75, 3.05) is 6.54 Å². The Hall–Kier alpha value is -2.35. The molecule has 0 unspecified atom stereocenters. The summed E-state index contributed by atoms with van der Waals surface area (Å²) in [7, 11) is 0. The lowest BCUT2D eigenvalue weighted by atomic mass is 9.81. The van der Waals surface area contributed by atoms with Crippen molar-refractivity contribution in [3.05, 3.63) is 77.9 Å². The lowest BCUT2D eigenvalue weighted by Crippen LogP contribution is -2.54. The molecule has 2 heteroatoms. The van der Waals surface area contributed by atoms with Gasteiger partial charge in [0.25, 0.3) is 0 Å². The number of carbonyl (C=O) groups is 1. The number of likely N-dealkylation sites (tertiary alicyclic amines) is 1. The number of amides is 1. The maximum Gasteiger partial charge on any atom is 0.232 e. The Morgan fingerprint density at radius 3 is 2.30 bits per heavy atom. The smallest absolute Gasteiger partial charge is 0.232 e. The van der Waals surface area contributed by atoms with Crippen molar-refractivity contribution in [3.63, 3.8) is 0 Å². The predicted octanol–water partition coefficient (Wildman–Crippen LogP) is 4.70. The van der Waals surface area contributed by atoms with E-state index in [2.05, 4.69) is 43.3 Å². The molecule has 0 saturated carbocycles. The lowest BCUT2D eigenvalue weighted by Gasteiger charge is -2.46. The third kappa shape index (κ3) is 3.37. The number of benzene rings is 2. The Morgan fingerprint density at radius 2 is 1.65 bits per heavy atom. The Kier molecular flexibility index (Phi) is 4.92. The highest BCUT2D eigenvalue weighted by atomic mass is 16.2. The van der Waals surface area contributed by atoms with Gasteiger partial charge in [-0.3, -0.25) is 4.79 Å². The van der Waals surface area contributed by atoms with Crippen LogP contribution in [0.5, 0.6) is 0 Å². The van der Waals surface area contributed by atoms with Crippen molar-refractivity contribution in [2.45, 2.75) is 25.8 Å². The van der Waals surface area contributed by atoms with E-state index in [9.17, 15) is 4.79 Å². The zero-order valence-electron chi connectivity index (χ0n) is 13.6. The maximum atomic E-state index is 12.5. The molecule has 0 bridgehead atoms. The number of β-lactam (4-membered cyclic amide) rings is 1. The first-order chi connectivity index (χ1) is 11.3. The van der Waals surface area contributed by atoms with Crippen molar-refractivity contribution in [1.29, 1.82) is 0 Å². The Bertz CT molecular complexity index is 663. The summed E-state index contributed by atoms with van der Waals surface area (Å²) in [5.41, 5.74) is 2.37. The molecule has 2 atom stereocenters. The Morgan fingerprint density at radius 1 is 1.00 bits per heavy atom. The molecule has 3 rings (SSSR count). The molecule has 1 fully saturated rings. The summed E-state index contributed by atoms with van der Waals surface area (Å²) in [4.78, 5) is 14.6. The lowest BCUT2D eigenvalue weighted by molar-refractivity contribution is -0.153. The van der Waals surface area contributed by atoms with Crippen molar-refractivity contribution in [1.82, 2.24) is 4.90 Å². The second-order valence-electron chi connectivity index (χ2n) is 6.04. The largest absolute Gasteiger partial charge is 0.334 e. The molecule has 0 spiro atoms. The van der Waals surface area contributed by atoms with Gasteiger partial charge in [0.05, 0.1) is 12.0 Å². The maximum absolute atomic E-state index is 12.5. The standard InChI is InChI=1S/C21H23NO/c1-2-3-16-22-20(18-12-8-5-9-13-18)19(21(22)23)15-14-17-10-6-4-7-11-17/h4-15,19-20H,2-3,16H2,1H3/b15-14+/t19-,20-/m0/s1. The number of carbonyl (C=O) groups excluding carboxylic acids is 1. The fourth-order valence-corrected chi connectivity index (χ4v) is 3.16. The van der Waals surface area contributed by atoms with Gasteiger partial charge in [0, 0.05) is 6.54 Å². The van der Waals surface area contributed by atoms with Gasteiger partial charge < -0.3 is 4.90 Å². The average molecular weight is 305 g/mol. The van der Waals surface area contributed by atoms with Crippen LogP contribution in [0.4, 0.5) is 0 Å². The van der Waals surface area contributed by atoms with Gasteiger partial charge in [0.1, 0.15) is 0 Å². The van der Waals surface area contributed by atoms with Crippen LogP contribution in [0.1, 0.15) is 36.9 Å². The molecule has 2 nitrogen and oxygen atoms in total. The molecule has 0 N–H and O–H groups in total. The third-order valence-corrected chi connectivity index (χ3v) is 4.43. The minimum atomic E-state index is -0.0468. The molecule has 0 aliphatic carbocycles. The molecule has 118 valence electrons. The van der Waals surface area contributed by atoms with Crippen LogP contribution in [-0.4, -0.2) is 17.4 Å². The van der Waals surface area contributed by atoms with Crippen molar-refractivity contribution >= 4 is 12.0 Å². The average Bonchev–Trinajstić information content (AvgIpc) is 2.61. The summed E-state index contributed by atoms with van der Waals surface area (Å²) in [5, 5.41) is 0. The van der Waals surface area contributed by atoms with E-state index in [1.807, 2.05) is 41.3 Å². The van der Waals surface area contributed by atoms with Crippen LogP contribution in [0.3, 0.4) is 0 Å². The summed E-state index contributed by atoms with van der Waals surface area (Å²) in [5.74, 6) is 0.203. The van der Waals surface area contributed by atoms with Gasteiger partial charge in [-0.2, -0.15) is 0 Å². The van der Waals surface area contributed by atoms with Gasteiger partial charge in [-0.15, -0.1) is 0 Å². The first-order valence-corrected chi connectivity index (χ1v) is 8.40. The first kappa shape index (κ1) is 15.5. The summed E-state index contributed by atoms with van der Waals surface area (Å²) < 4.78 is 0. The molecule has 2 aromatic rings. The highest BCUT2D eigenvalue weighted by Gasteiger charge is 2.45. The zero-order valence-corrected chi connectivity index (χ0v) is 13.6. The van der Waals surface area contributed by atoms with E-state index in [1.165, 1.54) is 5.56 Å². The number of rotatable bonds is 6. The van der Waals surface area contributed by atoms with E-state index in [-0.39, 0.29) is 17.9 Å². The second-order valence-corrected chi connectivity index (χ2v) is 6.04. The van der Waals surface area contributed by atoms with Crippen LogP contribution in [-0.2, 0) is 4.79 Å². The number of hydrogen-bond donors (Lipinski definition) is 0. The van der Waals surface area contributed by atoms with E-state index < -0.39 is 0 Å². The highest BCUT2D eigenvalue weighted by Crippen LogP contribution is 2.41. The fourth-order valence-electron chi connectivity index (χ4n) is 3.16. The highest BCUT2D eigenvalue weighted by molar-refractivity contribution is 5.89. The number of unbranched alkanes of at least 4 members (excludes halogenated alkanes) is 1. The van der Waals surface area contributed by atoms with Gasteiger partial charge in [0.2, 0.25) is 5.91 Å². The molecule has 1 saturated heterocycles.